The molecule has 0 radical (unpaired) electrons. The first-order chi connectivity index (χ1) is 21.5. The second-order valence-electron chi connectivity index (χ2n) is 13.3. The van der Waals surface area contributed by atoms with Gasteiger partial charge in [0.15, 0.2) is 0 Å². The summed E-state index contributed by atoms with van der Waals surface area (Å²) in [6, 6.07) is 8.53. The molecular weight excluding hydrogens is 596 g/mol. The number of nitrogens with zero attached hydrogens (tertiary/aromatic N) is 2. The number of methoxy groups -OCH3 is 1. The van der Waals surface area contributed by atoms with Gasteiger partial charge < -0.3 is 19.7 Å². The van der Waals surface area contributed by atoms with E-state index in [0.717, 1.165) is 30.0 Å². The highest BCUT2D eigenvalue weighted by atomic mass is 32.2. The van der Waals surface area contributed by atoms with Gasteiger partial charge in [-0.1, -0.05) is 44.2 Å². The summed E-state index contributed by atoms with van der Waals surface area (Å²) in [6.07, 6.45) is 7.77. The van der Waals surface area contributed by atoms with Crippen molar-refractivity contribution in [3.05, 3.63) is 42.5 Å². The maximum Gasteiger partial charge on any atom is 0.259 e. The zero-order chi connectivity index (χ0) is 31.9. The lowest BCUT2D eigenvalue weighted by Gasteiger charge is -2.27. The van der Waals surface area contributed by atoms with Crippen LogP contribution in [0.2, 0.25) is 0 Å². The second-order valence-corrected chi connectivity index (χ2v) is 15.3. The van der Waals surface area contributed by atoms with Crippen LogP contribution < -0.4 is 19.5 Å². The van der Waals surface area contributed by atoms with Crippen molar-refractivity contribution >= 4 is 38.5 Å². The van der Waals surface area contributed by atoms with Gasteiger partial charge in [0.1, 0.15) is 17.7 Å². The zero-order valence-corrected chi connectivity index (χ0v) is 26.8. The summed E-state index contributed by atoms with van der Waals surface area (Å²) in [5.41, 5.74) is -1.40. The Kier molecular flexibility index (Phi) is 8.53. The van der Waals surface area contributed by atoms with Crippen molar-refractivity contribution in [2.45, 2.75) is 88.1 Å². The van der Waals surface area contributed by atoms with Crippen LogP contribution in [-0.2, 0) is 24.4 Å². The average Bonchev–Trinajstić information content (AvgIpc) is 3.92. The summed E-state index contributed by atoms with van der Waals surface area (Å²) in [5, 5.41) is 4.00. The molecule has 2 aliphatic carbocycles. The fraction of sp³-hybridized carbons (Fsp3) is 0.576. The number of fused-ring (bicyclic) bond motifs is 3. The zero-order valence-electron chi connectivity index (χ0n) is 26.0. The lowest BCUT2D eigenvalue weighted by atomic mass is 9.91. The average molecular weight is 639 g/mol. The smallest absolute Gasteiger partial charge is 0.259 e. The third-order valence-corrected chi connectivity index (χ3v) is 11.4. The number of rotatable bonds is 6. The fourth-order valence-corrected chi connectivity index (χ4v) is 8.18. The number of hydrogen-bond donors (Lipinski definition) is 2. The van der Waals surface area contributed by atoms with Gasteiger partial charge in [-0.25, -0.2) is 8.42 Å². The Balaban J connectivity index is 1.29. The highest BCUT2D eigenvalue weighted by Crippen LogP contribution is 2.46. The van der Waals surface area contributed by atoms with Crippen LogP contribution in [0, 0.1) is 17.8 Å². The molecule has 2 aromatic rings. The minimum Gasteiger partial charge on any atom is -0.481 e. The van der Waals surface area contributed by atoms with E-state index in [-0.39, 0.29) is 43.6 Å². The summed E-state index contributed by atoms with van der Waals surface area (Å²) < 4.78 is 39.4. The number of ether oxygens (including phenoxy) is 2. The number of benzene rings is 1. The van der Waals surface area contributed by atoms with Crippen molar-refractivity contribution in [3.63, 3.8) is 0 Å². The quantitative estimate of drug-likeness (QED) is 0.458. The van der Waals surface area contributed by atoms with Crippen molar-refractivity contribution in [1.29, 1.82) is 0 Å². The summed E-state index contributed by atoms with van der Waals surface area (Å²) in [6.45, 7) is 4.40. The molecule has 0 bridgehead atoms. The van der Waals surface area contributed by atoms with E-state index in [1.165, 1.54) is 7.11 Å². The van der Waals surface area contributed by atoms with Crippen LogP contribution in [0.15, 0.2) is 42.5 Å². The molecule has 6 rings (SSSR count). The number of allylic oxidation sites excluding steroid dienone is 1. The van der Waals surface area contributed by atoms with Crippen LogP contribution in [0.1, 0.15) is 65.2 Å². The van der Waals surface area contributed by atoms with Gasteiger partial charge in [0.05, 0.1) is 18.9 Å². The third-order valence-electron chi connectivity index (χ3n) is 9.54. The SMILES string of the molecule is COc1cc2ccccc2c(O[C@@H]2C[C@H]3C(=O)N[C@]4(C(=O)NS(=O)(=O)C5CC5)C[C@H]4/C=C\CC[C@@H](C)C[C@@H](C)CC(=O)N3C2)n1. The van der Waals surface area contributed by atoms with Crippen molar-refractivity contribution < 1.29 is 32.3 Å². The summed E-state index contributed by atoms with van der Waals surface area (Å²) in [4.78, 5) is 47.4. The highest BCUT2D eigenvalue weighted by molar-refractivity contribution is 7.91. The molecule has 3 fully saturated rings. The Hall–Kier alpha value is -3.67. The molecule has 4 aliphatic rings. The van der Waals surface area contributed by atoms with Gasteiger partial charge in [0, 0.05) is 30.2 Å². The number of pyridine rings is 1. The van der Waals surface area contributed by atoms with Crippen molar-refractivity contribution in [3.8, 4) is 11.8 Å². The molecule has 3 amide bonds. The molecule has 3 heterocycles. The molecule has 0 unspecified atom stereocenters. The first kappa shape index (κ1) is 31.3. The van der Waals surface area contributed by atoms with E-state index in [1.807, 2.05) is 42.5 Å². The Bertz CT molecular complexity index is 1620. The molecule has 2 N–H and O–H groups in total. The molecule has 1 saturated heterocycles. The molecule has 45 heavy (non-hydrogen) atoms. The predicted molar refractivity (Wildman–Crippen MR) is 168 cm³/mol. The van der Waals surface area contributed by atoms with E-state index >= 15 is 0 Å². The highest BCUT2D eigenvalue weighted by Gasteiger charge is 2.62. The van der Waals surface area contributed by atoms with Crippen LogP contribution in [0.5, 0.6) is 11.8 Å². The van der Waals surface area contributed by atoms with Gasteiger partial charge in [-0.05, 0) is 61.8 Å². The molecule has 242 valence electrons. The Morgan fingerprint density at radius 2 is 1.89 bits per heavy atom. The Labute approximate surface area is 264 Å². The lowest BCUT2D eigenvalue weighted by Crippen LogP contribution is -2.56. The number of amides is 3. The molecule has 1 aromatic carbocycles. The van der Waals surface area contributed by atoms with E-state index in [1.54, 1.807) is 4.90 Å². The van der Waals surface area contributed by atoms with Gasteiger partial charge in [0.25, 0.3) is 5.91 Å². The van der Waals surface area contributed by atoms with Crippen LogP contribution in [-0.4, -0.2) is 72.6 Å². The van der Waals surface area contributed by atoms with Crippen molar-refractivity contribution in [2.24, 2.45) is 17.8 Å². The minimum atomic E-state index is -3.81. The summed E-state index contributed by atoms with van der Waals surface area (Å²) >= 11 is 0. The van der Waals surface area contributed by atoms with Crippen LogP contribution in [0.3, 0.4) is 0 Å². The maximum absolute atomic E-state index is 14.0. The lowest BCUT2D eigenvalue weighted by molar-refractivity contribution is -0.140. The normalized spacial score (nSPS) is 31.5. The van der Waals surface area contributed by atoms with E-state index < -0.39 is 44.8 Å². The predicted octanol–water partition coefficient (Wildman–Crippen LogP) is 3.48. The van der Waals surface area contributed by atoms with E-state index in [2.05, 4.69) is 28.9 Å². The van der Waals surface area contributed by atoms with E-state index in [9.17, 15) is 22.8 Å². The third kappa shape index (κ3) is 6.66. The molecule has 12 heteroatoms. The fourth-order valence-electron chi connectivity index (χ4n) is 6.81. The Morgan fingerprint density at radius 1 is 1.11 bits per heavy atom. The van der Waals surface area contributed by atoms with E-state index in [0.29, 0.717) is 30.5 Å². The molecule has 11 nitrogen and oxygen atoms in total. The number of sulfonamides is 1. The molecule has 2 aliphatic heterocycles. The number of nitrogens with one attached hydrogen (secondary N) is 2. The topological polar surface area (TPSA) is 144 Å². The maximum atomic E-state index is 14.0. The molecule has 1 aromatic heterocycles. The molecule has 0 spiro atoms. The van der Waals surface area contributed by atoms with Crippen molar-refractivity contribution in [2.75, 3.05) is 13.7 Å². The minimum absolute atomic E-state index is 0.118. The standard InChI is InChI=1S/C33H42N4O7S/c1-20-8-4-6-10-23-18-33(23,32(40)36-45(41,42)25-12-13-25)35-30(39)27-17-24(19-37(27)29(38)15-21(2)14-20)44-31-26-11-7-5-9-22(26)16-28(34-31)43-3/h5-7,9-11,16,20-21,23-25,27H,4,8,12-15,17-19H2,1-3H3,(H,35,39)(H,36,40)/b10-6-/t20-,21-,23-,24-,27+,33-/m1/s1. The first-order valence-electron chi connectivity index (χ1n) is 15.9. The number of carbonyl (C=O) groups excluding carboxylic acids is 3. The van der Waals surface area contributed by atoms with Crippen LogP contribution in [0.4, 0.5) is 0 Å². The summed E-state index contributed by atoms with van der Waals surface area (Å²) in [5.74, 6) is -0.483. The number of aromatic nitrogens is 1. The van der Waals surface area contributed by atoms with Gasteiger partial charge in [0.2, 0.25) is 33.6 Å². The monoisotopic (exact) mass is 638 g/mol. The van der Waals surface area contributed by atoms with E-state index in [4.69, 9.17) is 9.47 Å². The largest absolute Gasteiger partial charge is 0.481 e. The first-order valence-corrected chi connectivity index (χ1v) is 17.5. The van der Waals surface area contributed by atoms with Gasteiger partial charge in [-0.15, -0.1) is 0 Å². The van der Waals surface area contributed by atoms with Gasteiger partial charge in [-0.2, -0.15) is 4.98 Å². The molecule has 6 atom stereocenters. The van der Waals surface area contributed by atoms with Crippen LogP contribution in [0.25, 0.3) is 10.8 Å². The molecule has 2 saturated carbocycles. The van der Waals surface area contributed by atoms with Crippen LogP contribution >= 0.6 is 0 Å². The van der Waals surface area contributed by atoms with Crippen molar-refractivity contribution in [1.82, 2.24) is 19.9 Å². The number of hydrogen-bond acceptors (Lipinski definition) is 8. The number of carbonyl (C=O) groups is 3. The summed E-state index contributed by atoms with van der Waals surface area (Å²) in [7, 11) is -2.29. The van der Waals surface area contributed by atoms with Gasteiger partial charge in [-0.3, -0.25) is 19.1 Å². The second kappa shape index (κ2) is 12.3. The Morgan fingerprint density at radius 3 is 2.64 bits per heavy atom. The molecular formula is C33H42N4O7S. The van der Waals surface area contributed by atoms with Gasteiger partial charge >= 0.3 is 0 Å².